The van der Waals surface area contributed by atoms with Gasteiger partial charge in [-0.1, -0.05) is 0 Å². The summed E-state index contributed by atoms with van der Waals surface area (Å²) in [7, 11) is 0. The highest BCUT2D eigenvalue weighted by molar-refractivity contribution is 7.98. The molecule has 1 aliphatic rings. The summed E-state index contributed by atoms with van der Waals surface area (Å²) in [6.45, 7) is 0.240. The van der Waals surface area contributed by atoms with Gasteiger partial charge in [0.2, 0.25) is 17.7 Å². The Morgan fingerprint density at radius 3 is 2.55 bits per heavy atom. The number of carboxylic acids is 1. The average molecular weight is 460 g/mol. The third-order valence-corrected chi connectivity index (χ3v) is 5.46. The lowest BCUT2D eigenvalue weighted by Crippen LogP contribution is -2.53. The number of carbonyl (C=O) groups excluding carboxylic acids is 3. The molecule has 0 saturated carbocycles. The molecule has 3 atom stereocenters. The number of carboxylic acid groups (broad SMARTS) is 1. The second kappa shape index (κ2) is 13.7. The summed E-state index contributed by atoms with van der Waals surface area (Å²) < 4.78 is 0. The summed E-state index contributed by atoms with van der Waals surface area (Å²) in [5.74, 6) is -1.96. The van der Waals surface area contributed by atoms with Crippen LogP contribution in [0.1, 0.15) is 32.1 Å². The van der Waals surface area contributed by atoms with E-state index in [0.29, 0.717) is 38.0 Å². The predicted octanol–water partition coefficient (Wildman–Crippen LogP) is -2.20. The van der Waals surface area contributed by atoms with Gasteiger partial charge in [0.05, 0.1) is 12.6 Å². The fraction of sp³-hybridized carbons (Fsp3) is 0.722. The molecule has 0 radical (unpaired) electrons. The molecule has 1 heterocycles. The number of nitrogens with one attached hydrogen (secondary N) is 2. The van der Waals surface area contributed by atoms with Crippen LogP contribution >= 0.6 is 11.8 Å². The predicted molar refractivity (Wildman–Crippen MR) is 118 cm³/mol. The number of hydrogen-bond acceptors (Lipinski definition) is 7. The van der Waals surface area contributed by atoms with Crippen molar-refractivity contribution >= 4 is 41.4 Å². The van der Waals surface area contributed by atoms with Crippen molar-refractivity contribution in [2.75, 3.05) is 31.6 Å². The summed E-state index contributed by atoms with van der Waals surface area (Å²) in [6, 6.07) is -2.57. The molecule has 3 amide bonds. The number of amides is 3. The van der Waals surface area contributed by atoms with Crippen LogP contribution in [-0.4, -0.2) is 89.4 Å². The van der Waals surface area contributed by atoms with Crippen LogP contribution in [0.25, 0.3) is 0 Å². The zero-order valence-electron chi connectivity index (χ0n) is 17.7. The molecule has 0 aromatic heterocycles. The van der Waals surface area contributed by atoms with Gasteiger partial charge in [-0.3, -0.25) is 19.4 Å². The second-order valence-electron chi connectivity index (χ2n) is 7.20. The lowest BCUT2D eigenvalue weighted by Gasteiger charge is -2.23. The van der Waals surface area contributed by atoms with Crippen molar-refractivity contribution in [1.82, 2.24) is 15.5 Å². The van der Waals surface area contributed by atoms with E-state index >= 15 is 0 Å². The summed E-state index contributed by atoms with van der Waals surface area (Å²) >= 11 is 1.56. The smallest absolute Gasteiger partial charge is 0.326 e. The van der Waals surface area contributed by atoms with Crippen molar-refractivity contribution < 1.29 is 24.3 Å². The molecule has 1 fully saturated rings. The SMILES string of the molecule is CSCCC(N)C(=O)NC(CCCN=C(N)N)C(=O)NCC(=O)N1CCCC1C(=O)O. The summed E-state index contributed by atoms with van der Waals surface area (Å²) in [5.41, 5.74) is 16.4. The fourth-order valence-corrected chi connectivity index (χ4v) is 3.63. The molecule has 1 aliphatic heterocycles. The third kappa shape index (κ3) is 9.42. The molecule has 0 bridgehead atoms. The minimum Gasteiger partial charge on any atom is -0.480 e. The number of thioether (sulfide) groups is 1. The zero-order chi connectivity index (χ0) is 23.4. The first-order valence-electron chi connectivity index (χ1n) is 10.1. The third-order valence-electron chi connectivity index (χ3n) is 4.82. The average Bonchev–Trinajstić information content (AvgIpc) is 3.22. The Balaban J connectivity index is 2.68. The van der Waals surface area contributed by atoms with Crippen LogP contribution in [0.5, 0.6) is 0 Å². The molecule has 0 aromatic carbocycles. The molecule has 0 spiro atoms. The monoisotopic (exact) mass is 459 g/mol. The molecule has 12 nitrogen and oxygen atoms in total. The first-order chi connectivity index (χ1) is 14.7. The van der Waals surface area contributed by atoms with E-state index in [0.717, 1.165) is 0 Å². The van der Waals surface area contributed by atoms with E-state index < -0.39 is 41.8 Å². The van der Waals surface area contributed by atoms with Gasteiger partial charge in [-0.2, -0.15) is 11.8 Å². The number of hydrogen-bond donors (Lipinski definition) is 6. The highest BCUT2D eigenvalue weighted by Crippen LogP contribution is 2.17. The maximum Gasteiger partial charge on any atom is 0.326 e. The zero-order valence-corrected chi connectivity index (χ0v) is 18.5. The van der Waals surface area contributed by atoms with Gasteiger partial charge >= 0.3 is 5.97 Å². The summed E-state index contributed by atoms with van der Waals surface area (Å²) in [4.78, 5) is 53.7. The normalized spacial score (nSPS) is 17.5. The summed E-state index contributed by atoms with van der Waals surface area (Å²) in [6.07, 6.45) is 3.98. The highest BCUT2D eigenvalue weighted by Gasteiger charge is 2.34. The number of guanidine groups is 1. The van der Waals surface area contributed by atoms with E-state index in [1.807, 2.05) is 6.26 Å². The molecule has 1 saturated heterocycles. The Hall–Kier alpha value is -2.54. The molecule has 0 aliphatic carbocycles. The molecular weight excluding hydrogens is 426 g/mol. The van der Waals surface area contributed by atoms with Crippen molar-refractivity contribution in [3.63, 3.8) is 0 Å². The fourth-order valence-electron chi connectivity index (χ4n) is 3.14. The topological polar surface area (TPSA) is 206 Å². The molecule has 1 rings (SSSR count). The molecular formula is C18H33N7O5S. The van der Waals surface area contributed by atoms with Gasteiger partial charge in [-0.05, 0) is 44.1 Å². The summed E-state index contributed by atoms with van der Waals surface area (Å²) in [5, 5.41) is 14.3. The maximum atomic E-state index is 12.6. The van der Waals surface area contributed by atoms with Gasteiger partial charge in [0.15, 0.2) is 5.96 Å². The van der Waals surface area contributed by atoms with E-state index in [9.17, 15) is 24.3 Å². The maximum absolute atomic E-state index is 12.6. The van der Waals surface area contributed by atoms with Crippen LogP contribution in [0.2, 0.25) is 0 Å². The van der Waals surface area contributed by atoms with Gasteiger partial charge in [0.25, 0.3) is 0 Å². The van der Waals surface area contributed by atoms with E-state index in [-0.39, 0.29) is 25.5 Å². The number of carbonyl (C=O) groups is 4. The number of aliphatic imine (C=N–C) groups is 1. The molecule has 9 N–H and O–H groups in total. The molecule has 31 heavy (non-hydrogen) atoms. The standard InChI is InChI=1S/C18H33N7O5S/c1-31-9-6-11(19)15(27)24-12(4-2-7-22-18(20)21)16(28)23-10-14(26)25-8-3-5-13(25)17(29)30/h11-13H,2-10,19H2,1H3,(H,23,28)(H,24,27)(H,29,30)(H4,20,21,22). The quantitative estimate of drug-likeness (QED) is 0.100. The Morgan fingerprint density at radius 2 is 1.94 bits per heavy atom. The van der Waals surface area contributed by atoms with Crippen molar-refractivity contribution in [2.24, 2.45) is 22.2 Å². The van der Waals surface area contributed by atoms with Crippen LogP contribution in [0.3, 0.4) is 0 Å². The van der Waals surface area contributed by atoms with Gasteiger partial charge in [-0.15, -0.1) is 0 Å². The van der Waals surface area contributed by atoms with Crippen LogP contribution < -0.4 is 27.8 Å². The van der Waals surface area contributed by atoms with Crippen molar-refractivity contribution in [1.29, 1.82) is 0 Å². The van der Waals surface area contributed by atoms with E-state index in [1.54, 1.807) is 11.8 Å². The lowest BCUT2D eigenvalue weighted by molar-refractivity contribution is -0.148. The lowest BCUT2D eigenvalue weighted by atomic mass is 10.1. The van der Waals surface area contributed by atoms with Gasteiger partial charge in [0, 0.05) is 13.1 Å². The number of likely N-dealkylation sites (tertiary alicyclic amines) is 1. The first kappa shape index (κ1) is 26.5. The first-order valence-corrected chi connectivity index (χ1v) is 11.5. The second-order valence-corrected chi connectivity index (χ2v) is 8.18. The molecule has 0 aromatic rings. The number of aliphatic carboxylic acids is 1. The number of nitrogens with zero attached hydrogens (tertiary/aromatic N) is 2. The van der Waals surface area contributed by atoms with Crippen LogP contribution in [-0.2, 0) is 19.2 Å². The van der Waals surface area contributed by atoms with Gasteiger partial charge in [0.1, 0.15) is 12.1 Å². The van der Waals surface area contributed by atoms with E-state index in [1.165, 1.54) is 4.90 Å². The Bertz CT molecular complexity index is 672. The minimum absolute atomic E-state index is 0.0756. The molecule has 176 valence electrons. The van der Waals surface area contributed by atoms with Gasteiger partial charge in [-0.25, -0.2) is 4.79 Å². The van der Waals surface area contributed by atoms with Crippen molar-refractivity contribution in [3.8, 4) is 0 Å². The largest absolute Gasteiger partial charge is 0.480 e. The molecule has 13 heteroatoms. The number of rotatable bonds is 13. The van der Waals surface area contributed by atoms with E-state index in [4.69, 9.17) is 17.2 Å². The Kier molecular flexibility index (Phi) is 11.7. The van der Waals surface area contributed by atoms with Crippen LogP contribution in [0.4, 0.5) is 0 Å². The minimum atomic E-state index is -1.07. The molecule has 3 unspecified atom stereocenters. The Morgan fingerprint density at radius 1 is 1.23 bits per heavy atom. The Labute approximate surface area is 185 Å². The van der Waals surface area contributed by atoms with Crippen LogP contribution in [0.15, 0.2) is 4.99 Å². The van der Waals surface area contributed by atoms with Crippen molar-refractivity contribution in [2.45, 2.75) is 50.2 Å². The van der Waals surface area contributed by atoms with Crippen molar-refractivity contribution in [3.05, 3.63) is 0 Å². The van der Waals surface area contributed by atoms with E-state index in [2.05, 4.69) is 15.6 Å². The van der Waals surface area contributed by atoms with Crippen LogP contribution in [0, 0.1) is 0 Å². The van der Waals surface area contributed by atoms with Gasteiger partial charge < -0.3 is 37.8 Å². The highest BCUT2D eigenvalue weighted by atomic mass is 32.2. The number of nitrogens with two attached hydrogens (primary N) is 3.